The van der Waals surface area contributed by atoms with Gasteiger partial charge in [-0.05, 0) is 6.42 Å². The van der Waals surface area contributed by atoms with E-state index in [1.165, 1.54) is 4.90 Å². The van der Waals surface area contributed by atoms with Crippen molar-refractivity contribution in [1.29, 1.82) is 0 Å². The first-order valence-corrected chi connectivity index (χ1v) is 6.33. The van der Waals surface area contributed by atoms with Crippen LogP contribution >= 0.6 is 7.60 Å². The lowest BCUT2D eigenvalue weighted by Gasteiger charge is -2.19. The maximum atomic E-state index is 11.3. The lowest BCUT2D eigenvalue weighted by atomic mass is 10.2. The van der Waals surface area contributed by atoms with Crippen molar-refractivity contribution >= 4 is 13.5 Å². The van der Waals surface area contributed by atoms with Crippen molar-refractivity contribution in [1.82, 2.24) is 4.90 Å². The van der Waals surface area contributed by atoms with E-state index in [1.54, 1.807) is 20.9 Å². The third-order valence-electron chi connectivity index (χ3n) is 1.81. The number of hydrogen-bond acceptors (Lipinski definition) is 2. The van der Waals surface area contributed by atoms with Gasteiger partial charge in [-0.2, -0.15) is 0 Å². The first-order valence-electron chi connectivity index (χ1n) is 4.53. The molecule has 1 amide bonds. The lowest BCUT2D eigenvalue weighted by Crippen LogP contribution is -2.31. The average Bonchev–Trinajstić information content (AvgIpc) is 2.00. The van der Waals surface area contributed by atoms with Gasteiger partial charge in [0.25, 0.3) is 0 Å². The topological polar surface area (TPSA) is 77.8 Å². The van der Waals surface area contributed by atoms with Crippen molar-refractivity contribution in [2.75, 3.05) is 19.8 Å². The van der Waals surface area contributed by atoms with Crippen LogP contribution in [0, 0.1) is 5.92 Å². The zero-order valence-corrected chi connectivity index (χ0v) is 9.70. The van der Waals surface area contributed by atoms with E-state index in [0.29, 0.717) is 13.0 Å². The molecule has 0 aromatic carbocycles. The molecule has 0 atom stereocenters. The van der Waals surface area contributed by atoms with E-state index in [2.05, 4.69) is 0 Å². The van der Waals surface area contributed by atoms with Crippen LogP contribution in [0.3, 0.4) is 0 Å². The van der Waals surface area contributed by atoms with Gasteiger partial charge in [0.2, 0.25) is 5.91 Å². The van der Waals surface area contributed by atoms with Gasteiger partial charge in [0.1, 0.15) is 0 Å². The molecular weight excluding hydrogens is 205 g/mol. The molecule has 0 saturated heterocycles. The molecule has 5 nitrogen and oxygen atoms in total. The summed E-state index contributed by atoms with van der Waals surface area (Å²) in [6.45, 7) is 3.98. The van der Waals surface area contributed by atoms with Crippen LogP contribution in [0.5, 0.6) is 0 Å². The Morgan fingerprint density at radius 2 is 1.93 bits per heavy atom. The molecule has 0 aliphatic carbocycles. The Morgan fingerprint density at radius 1 is 1.43 bits per heavy atom. The van der Waals surface area contributed by atoms with Gasteiger partial charge >= 0.3 is 7.60 Å². The van der Waals surface area contributed by atoms with Crippen LogP contribution < -0.4 is 0 Å². The number of hydrogen-bond donors (Lipinski definition) is 2. The summed E-state index contributed by atoms with van der Waals surface area (Å²) in [5.41, 5.74) is 0. The molecule has 0 rings (SSSR count). The highest BCUT2D eigenvalue weighted by Crippen LogP contribution is 2.34. The van der Waals surface area contributed by atoms with Gasteiger partial charge in [-0.3, -0.25) is 9.36 Å². The Hall–Kier alpha value is -0.380. The minimum atomic E-state index is -3.91. The van der Waals surface area contributed by atoms with E-state index in [0.717, 1.165) is 0 Å². The second-order valence-electron chi connectivity index (χ2n) is 3.66. The van der Waals surface area contributed by atoms with E-state index < -0.39 is 7.60 Å². The van der Waals surface area contributed by atoms with Crippen molar-refractivity contribution in [3.8, 4) is 0 Å². The van der Waals surface area contributed by atoms with Crippen molar-refractivity contribution < 1.29 is 19.1 Å². The zero-order valence-electron chi connectivity index (χ0n) is 8.80. The first-order chi connectivity index (χ1) is 6.24. The van der Waals surface area contributed by atoms with Crippen molar-refractivity contribution in [3.63, 3.8) is 0 Å². The Bertz CT molecular complexity index is 235. The second-order valence-corrected chi connectivity index (χ2v) is 5.43. The third-order valence-corrected chi connectivity index (χ3v) is 2.71. The van der Waals surface area contributed by atoms with E-state index in [9.17, 15) is 9.36 Å². The molecular formula is C8H18NO4P. The summed E-state index contributed by atoms with van der Waals surface area (Å²) in [5, 5.41) is 0. The first kappa shape index (κ1) is 13.6. The standard InChI is InChI=1S/C8H18NO4P/c1-7(2)8(10)9(3)5-4-6-14(11,12)13/h7H,4-6H2,1-3H3,(H2,11,12,13). The summed E-state index contributed by atoms with van der Waals surface area (Å²) < 4.78 is 10.5. The van der Waals surface area contributed by atoms with Gasteiger partial charge < -0.3 is 14.7 Å². The van der Waals surface area contributed by atoms with Gasteiger partial charge in [0.15, 0.2) is 0 Å². The predicted molar refractivity (Wildman–Crippen MR) is 54.0 cm³/mol. The lowest BCUT2D eigenvalue weighted by molar-refractivity contribution is -0.133. The summed E-state index contributed by atoms with van der Waals surface area (Å²) in [5.74, 6) is -0.0780. The average molecular weight is 223 g/mol. The number of carbonyl (C=O) groups excluding carboxylic acids is 1. The maximum absolute atomic E-state index is 11.3. The summed E-state index contributed by atoms with van der Waals surface area (Å²) in [6, 6.07) is 0. The normalized spacial score (nSPS) is 11.9. The van der Waals surface area contributed by atoms with Gasteiger partial charge in [0, 0.05) is 19.5 Å². The van der Waals surface area contributed by atoms with E-state index in [4.69, 9.17) is 9.79 Å². The van der Waals surface area contributed by atoms with E-state index in [1.807, 2.05) is 0 Å². The minimum Gasteiger partial charge on any atom is -0.346 e. The Kier molecular flexibility index (Phi) is 5.34. The molecule has 0 aliphatic heterocycles. The highest BCUT2D eigenvalue weighted by molar-refractivity contribution is 7.51. The zero-order chi connectivity index (χ0) is 11.4. The monoisotopic (exact) mass is 223 g/mol. The molecule has 0 fully saturated rings. The van der Waals surface area contributed by atoms with Crippen LogP contribution in [0.1, 0.15) is 20.3 Å². The van der Waals surface area contributed by atoms with Gasteiger partial charge in [0.05, 0.1) is 6.16 Å². The van der Waals surface area contributed by atoms with Gasteiger partial charge in [-0.1, -0.05) is 13.8 Å². The Morgan fingerprint density at radius 3 is 2.29 bits per heavy atom. The quantitative estimate of drug-likeness (QED) is 0.671. The van der Waals surface area contributed by atoms with E-state index in [-0.39, 0.29) is 18.0 Å². The molecule has 0 spiro atoms. The number of carbonyl (C=O) groups is 1. The SMILES string of the molecule is CC(C)C(=O)N(C)CCCP(=O)(O)O. The van der Waals surface area contributed by atoms with Crippen molar-refractivity contribution in [3.05, 3.63) is 0 Å². The largest absolute Gasteiger partial charge is 0.346 e. The Balaban J connectivity index is 3.81. The van der Waals surface area contributed by atoms with Gasteiger partial charge in [-0.15, -0.1) is 0 Å². The molecule has 0 bridgehead atoms. The summed E-state index contributed by atoms with van der Waals surface area (Å²) in [4.78, 5) is 30.0. The molecule has 14 heavy (non-hydrogen) atoms. The molecule has 0 aromatic rings. The number of rotatable bonds is 5. The van der Waals surface area contributed by atoms with Gasteiger partial charge in [-0.25, -0.2) is 0 Å². The van der Waals surface area contributed by atoms with Crippen LogP contribution in [-0.4, -0.2) is 40.3 Å². The summed E-state index contributed by atoms with van der Waals surface area (Å²) >= 11 is 0. The molecule has 0 aliphatic rings. The molecule has 0 radical (unpaired) electrons. The third kappa shape index (κ3) is 6.13. The van der Waals surface area contributed by atoms with E-state index >= 15 is 0 Å². The molecule has 84 valence electrons. The summed E-state index contributed by atoms with van der Waals surface area (Å²) in [7, 11) is -2.27. The fraction of sp³-hybridized carbons (Fsp3) is 0.875. The predicted octanol–water partition coefficient (Wildman–Crippen LogP) is 0.669. The van der Waals surface area contributed by atoms with Crippen LogP contribution in [0.15, 0.2) is 0 Å². The molecule has 2 N–H and O–H groups in total. The summed E-state index contributed by atoms with van der Waals surface area (Å²) in [6.07, 6.45) is 0.169. The highest BCUT2D eigenvalue weighted by atomic mass is 31.2. The Labute approximate surface area is 84.3 Å². The van der Waals surface area contributed by atoms with Crippen LogP contribution in [0.4, 0.5) is 0 Å². The fourth-order valence-corrected chi connectivity index (χ4v) is 1.62. The van der Waals surface area contributed by atoms with Crippen molar-refractivity contribution in [2.24, 2.45) is 5.92 Å². The fourth-order valence-electron chi connectivity index (χ4n) is 1.06. The number of nitrogens with zero attached hydrogens (tertiary/aromatic N) is 1. The molecule has 6 heteroatoms. The second kappa shape index (κ2) is 5.49. The highest BCUT2D eigenvalue weighted by Gasteiger charge is 2.15. The molecule has 0 heterocycles. The van der Waals surface area contributed by atoms with Crippen LogP contribution in [0.2, 0.25) is 0 Å². The molecule has 0 unspecified atom stereocenters. The smallest absolute Gasteiger partial charge is 0.325 e. The molecule has 0 saturated carbocycles. The van der Waals surface area contributed by atoms with Crippen LogP contribution in [-0.2, 0) is 9.36 Å². The molecule has 0 aromatic heterocycles. The van der Waals surface area contributed by atoms with Crippen LogP contribution in [0.25, 0.3) is 0 Å². The number of amides is 1. The van der Waals surface area contributed by atoms with Crippen molar-refractivity contribution in [2.45, 2.75) is 20.3 Å². The maximum Gasteiger partial charge on any atom is 0.325 e. The minimum absolute atomic E-state index is 0.00397.